The summed E-state index contributed by atoms with van der Waals surface area (Å²) >= 11 is 0. The van der Waals surface area contributed by atoms with Gasteiger partial charge in [0.05, 0.1) is 18.5 Å². The molecule has 5 nitrogen and oxygen atoms in total. The Balaban J connectivity index is 2.00. The van der Waals surface area contributed by atoms with E-state index in [0.29, 0.717) is 5.76 Å². The summed E-state index contributed by atoms with van der Waals surface area (Å²) in [5, 5.41) is 5.05. The predicted molar refractivity (Wildman–Crippen MR) is 79.4 cm³/mol. The zero-order valence-corrected chi connectivity index (χ0v) is 12.4. The third-order valence-electron chi connectivity index (χ3n) is 3.26. The minimum Gasteiger partial charge on any atom is -0.467 e. The molecule has 0 radical (unpaired) electrons. The summed E-state index contributed by atoms with van der Waals surface area (Å²) in [6.45, 7) is 3.13. The molecule has 2 rings (SSSR count). The summed E-state index contributed by atoms with van der Waals surface area (Å²) in [5.41, 5.74) is -1.31. The van der Waals surface area contributed by atoms with Crippen molar-refractivity contribution in [2.24, 2.45) is 5.41 Å². The maximum Gasteiger partial charge on any atom is 0.239 e. The number of rotatable bonds is 5. The van der Waals surface area contributed by atoms with Crippen LogP contribution in [0.25, 0.3) is 0 Å². The lowest BCUT2D eigenvalue weighted by Crippen LogP contribution is -2.44. The first-order valence-electron chi connectivity index (χ1n) is 6.78. The Morgan fingerprint density at radius 3 is 2.50 bits per heavy atom. The van der Waals surface area contributed by atoms with Crippen molar-refractivity contribution in [3.8, 4) is 0 Å². The van der Waals surface area contributed by atoms with Crippen molar-refractivity contribution in [3.05, 3.63) is 54.2 Å². The maximum atomic E-state index is 13.5. The molecule has 2 N–H and O–H groups in total. The third-order valence-corrected chi connectivity index (χ3v) is 3.26. The molecule has 0 aliphatic rings. The number of halogens is 1. The minimum absolute atomic E-state index is 0.0411. The van der Waals surface area contributed by atoms with Crippen LogP contribution in [-0.4, -0.2) is 11.8 Å². The minimum atomic E-state index is -1.35. The molecule has 0 atom stereocenters. The Bertz CT molecular complexity index is 666. The highest BCUT2D eigenvalue weighted by atomic mass is 19.1. The van der Waals surface area contributed by atoms with E-state index in [1.807, 2.05) is 0 Å². The second-order valence-electron chi connectivity index (χ2n) is 5.32. The van der Waals surface area contributed by atoms with Crippen LogP contribution in [0.1, 0.15) is 19.6 Å². The summed E-state index contributed by atoms with van der Waals surface area (Å²) < 4.78 is 18.6. The molecule has 1 aromatic carbocycles. The van der Waals surface area contributed by atoms with Crippen LogP contribution in [0, 0.1) is 11.2 Å². The van der Waals surface area contributed by atoms with Gasteiger partial charge in [0, 0.05) is 0 Å². The maximum absolute atomic E-state index is 13.5. The highest BCUT2D eigenvalue weighted by molar-refractivity contribution is 6.09. The van der Waals surface area contributed by atoms with Crippen molar-refractivity contribution in [3.63, 3.8) is 0 Å². The van der Waals surface area contributed by atoms with E-state index in [9.17, 15) is 14.0 Å². The molecule has 22 heavy (non-hydrogen) atoms. The number of nitrogens with one attached hydrogen (secondary N) is 2. The summed E-state index contributed by atoms with van der Waals surface area (Å²) in [6, 6.07) is 9.21. The van der Waals surface area contributed by atoms with Crippen LogP contribution in [-0.2, 0) is 16.1 Å². The number of anilines is 1. The smallest absolute Gasteiger partial charge is 0.239 e. The van der Waals surface area contributed by atoms with Gasteiger partial charge in [0.15, 0.2) is 0 Å². The fourth-order valence-electron chi connectivity index (χ4n) is 1.75. The van der Waals surface area contributed by atoms with Gasteiger partial charge < -0.3 is 15.1 Å². The molecular weight excluding hydrogens is 287 g/mol. The first kappa shape index (κ1) is 15.8. The Labute approximate surface area is 127 Å². The molecule has 6 heteroatoms. The molecular formula is C16H17FN2O3. The van der Waals surface area contributed by atoms with Crippen molar-refractivity contribution in [1.82, 2.24) is 5.32 Å². The third kappa shape index (κ3) is 3.52. The van der Waals surface area contributed by atoms with E-state index in [1.54, 1.807) is 18.2 Å². The molecule has 0 aliphatic heterocycles. The fraction of sp³-hybridized carbons (Fsp3) is 0.250. The van der Waals surface area contributed by atoms with E-state index in [2.05, 4.69) is 10.6 Å². The van der Waals surface area contributed by atoms with E-state index in [1.165, 1.54) is 38.3 Å². The van der Waals surface area contributed by atoms with Crippen LogP contribution in [0.5, 0.6) is 0 Å². The summed E-state index contributed by atoms with van der Waals surface area (Å²) in [6.07, 6.45) is 1.50. The number of benzene rings is 1. The highest BCUT2D eigenvalue weighted by Crippen LogP contribution is 2.21. The Kier molecular flexibility index (Phi) is 4.60. The lowest BCUT2D eigenvalue weighted by atomic mass is 9.91. The number of amides is 2. The SMILES string of the molecule is CC(C)(C(=O)NCc1ccco1)C(=O)Nc1ccccc1F. The fourth-order valence-corrected chi connectivity index (χ4v) is 1.75. The van der Waals surface area contributed by atoms with E-state index >= 15 is 0 Å². The highest BCUT2D eigenvalue weighted by Gasteiger charge is 2.36. The van der Waals surface area contributed by atoms with Gasteiger partial charge in [0.2, 0.25) is 11.8 Å². The van der Waals surface area contributed by atoms with Gasteiger partial charge in [-0.3, -0.25) is 9.59 Å². The number of para-hydroxylation sites is 1. The molecule has 0 aliphatic carbocycles. The average molecular weight is 304 g/mol. The Hall–Kier alpha value is -2.63. The molecule has 0 spiro atoms. The van der Waals surface area contributed by atoms with Crippen molar-refractivity contribution in [1.29, 1.82) is 0 Å². The molecule has 0 saturated heterocycles. The first-order chi connectivity index (χ1) is 10.4. The van der Waals surface area contributed by atoms with Crippen LogP contribution in [0.2, 0.25) is 0 Å². The topological polar surface area (TPSA) is 71.3 Å². The largest absolute Gasteiger partial charge is 0.467 e. The summed E-state index contributed by atoms with van der Waals surface area (Å²) in [4.78, 5) is 24.4. The van der Waals surface area contributed by atoms with Gasteiger partial charge >= 0.3 is 0 Å². The van der Waals surface area contributed by atoms with E-state index in [0.717, 1.165) is 0 Å². The van der Waals surface area contributed by atoms with Crippen LogP contribution in [0.15, 0.2) is 47.1 Å². The van der Waals surface area contributed by atoms with Crippen LogP contribution in [0.4, 0.5) is 10.1 Å². The Morgan fingerprint density at radius 2 is 1.86 bits per heavy atom. The first-order valence-corrected chi connectivity index (χ1v) is 6.78. The second kappa shape index (κ2) is 6.43. The lowest BCUT2D eigenvalue weighted by molar-refractivity contribution is -0.138. The lowest BCUT2D eigenvalue weighted by Gasteiger charge is -2.22. The standard InChI is InChI=1S/C16H17FN2O3/c1-16(2,14(20)18-10-11-6-5-9-22-11)15(21)19-13-8-4-3-7-12(13)17/h3-9H,10H2,1-2H3,(H,18,20)(H,19,21). The molecule has 1 aromatic heterocycles. The molecule has 116 valence electrons. The van der Waals surface area contributed by atoms with Crippen molar-refractivity contribution >= 4 is 17.5 Å². The van der Waals surface area contributed by atoms with Gasteiger partial charge in [0.1, 0.15) is 17.0 Å². The van der Waals surface area contributed by atoms with Gasteiger partial charge in [-0.05, 0) is 38.1 Å². The number of carbonyl (C=O) groups excluding carboxylic acids is 2. The van der Waals surface area contributed by atoms with Gasteiger partial charge in [-0.2, -0.15) is 0 Å². The average Bonchev–Trinajstić information content (AvgIpc) is 3.00. The normalized spacial score (nSPS) is 11.0. The van der Waals surface area contributed by atoms with Crippen molar-refractivity contribution in [2.45, 2.75) is 20.4 Å². The Morgan fingerprint density at radius 1 is 1.14 bits per heavy atom. The number of carbonyl (C=O) groups is 2. The van der Waals surface area contributed by atoms with Gasteiger partial charge in [0.25, 0.3) is 0 Å². The van der Waals surface area contributed by atoms with E-state index in [-0.39, 0.29) is 12.2 Å². The van der Waals surface area contributed by atoms with Gasteiger partial charge in [-0.15, -0.1) is 0 Å². The molecule has 2 aromatic rings. The molecule has 0 fully saturated rings. The zero-order valence-electron chi connectivity index (χ0n) is 12.4. The van der Waals surface area contributed by atoms with Crippen molar-refractivity contribution in [2.75, 3.05) is 5.32 Å². The number of furan rings is 1. The summed E-state index contributed by atoms with van der Waals surface area (Å²) in [5.74, 6) is -1.03. The molecule has 0 saturated carbocycles. The van der Waals surface area contributed by atoms with Gasteiger partial charge in [-0.25, -0.2) is 4.39 Å². The molecule has 0 unspecified atom stereocenters. The molecule has 1 heterocycles. The summed E-state index contributed by atoms with van der Waals surface area (Å²) in [7, 11) is 0. The molecule has 0 bridgehead atoms. The van der Waals surface area contributed by atoms with Gasteiger partial charge in [-0.1, -0.05) is 12.1 Å². The predicted octanol–water partition coefficient (Wildman–Crippen LogP) is 2.70. The van der Waals surface area contributed by atoms with E-state index < -0.39 is 23.0 Å². The second-order valence-corrected chi connectivity index (χ2v) is 5.32. The molecule has 2 amide bonds. The monoisotopic (exact) mass is 304 g/mol. The van der Waals surface area contributed by atoms with Crippen LogP contribution < -0.4 is 10.6 Å². The quantitative estimate of drug-likeness (QED) is 0.834. The van der Waals surface area contributed by atoms with Crippen LogP contribution in [0.3, 0.4) is 0 Å². The van der Waals surface area contributed by atoms with Crippen LogP contribution >= 0.6 is 0 Å². The van der Waals surface area contributed by atoms with E-state index in [4.69, 9.17) is 4.42 Å². The number of hydrogen-bond acceptors (Lipinski definition) is 3. The van der Waals surface area contributed by atoms with Crippen molar-refractivity contribution < 1.29 is 18.4 Å². The number of hydrogen-bond donors (Lipinski definition) is 2. The zero-order chi connectivity index (χ0) is 16.2.